The second kappa shape index (κ2) is 8.26. The fourth-order valence-corrected chi connectivity index (χ4v) is 3.14. The molecule has 0 saturated carbocycles. The Morgan fingerprint density at radius 1 is 1.07 bits per heavy atom. The lowest BCUT2D eigenvalue weighted by Crippen LogP contribution is -2.36. The summed E-state index contributed by atoms with van der Waals surface area (Å²) in [4.78, 5) is 18.8. The van der Waals surface area contributed by atoms with E-state index in [1.54, 1.807) is 0 Å². The lowest BCUT2D eigenvalue weighted by molar-refractivity contribution is -0.121. The van der Waals surface area contributed by atoms with Gasteiger partial charge in [0, 0.05) is 32.3 Å². The molecule has 27 heavy (non-hydrogen) atoms. The lowest BCUT2D eigenvalue weighted by atomic mass is 10.1. The molecule has 1 saturated heterocycles. The van der Waals surface area contributed by atoms with Gasteiger partial charge in [-0.2, -0.15) is 0 Å². The molecule has 0 radical (unpaired) electrons. The van der Waals surface area contributed by atoms with Crippen LogP contribution >= 0.6 is 0 Å². The number of pyridine rings is 1. The molecule has 0 atom stereocenters. The highest BCUT2D eigenvalue weighted by Crippen LogP contribution is 2.32. The predicted molar refractivity (Wildman–Crippen MR) is 100 cm³/mol. The number of morpholine rings is 1. The Morgan fingerprint density at radius 2 is 1.89 bits per heavy atom. The number of hydrogen-bond acceptors (Lipinski definition) is 6. The number of aryl methyl sites for hydroxylation is 1. The zero-order chi connectivity index (χ0) is 18.5. The molecule has 1 aromatic carbocycles. The molecule has 1 fully saturated rings. The largest absolute Gasteiger partial charge is 0.454 e. The van der Waals surface area contributed by atoms with Crippen molar-refractivity contribution in [2.45, 2.75) is 19.4 Å². The first-order chi connectivity index (χ1) is 13.3. The SMILES string of the molecule is O=C(CCc1ccc2c(c1)OCO2)NCc1ccc(N2CCOCC2)nc1. The molecule has 1 aromatic heterocycles. The van der Waals surface area contributed by atoms with E-state index in [4.69, 9.17) is 14.2 Å². The van der Waals surface area contributed by atoms with Crippen LogP contribution in [0.4, 0.5) is 5.82 Å². The lowest BCUT2D eigenvalue weighted by Gasteiger charge is -2.27. The smallest absolute Gasteiger partial charge is 0.231 e. The number of ether oxygens (including phenoxy) is 3. The molecule has 2 aromatic rings. The van der Waals surface area contributed by atoms with Crippen LogP contribution < -0.4 is 19.7 Å². The Morgan fingerprint density at radius 3 is 2.70 bits per heavy atom. The zero-order valence-corrected chi connectivity index (χ0v) is 15.1. The molecule has 0 spiro atoms. The number of amides is 1. The van der Waals surface area contributed by atoms with Crippen molar-refractivity contribution in [2.24, 2.45) is 0 Å². The van der Waals surface area contributed by atoms with Crippen molar-refractivity contribution in [3.8, 4) is 11.5 Å². The number of nitrogens with one attached hydrogen (secondary N) is 1. The highest BCUT2D eigenvalue weighted by Gasteiger charge is 2.14. The van der Waals surface area contributed by atoms with Gasteiger partial charge in [0.05, 0.1) is 13.2 Å². The van der Waals surface area contributed by atoms with Gasteiger partial charge in [0.2, 0.25) is 12.7 Å². The van der Waals surface area contributed by atoms with Crippen LogP contribution in [-0.2, 0) is 22.5 Å². The fourth-order valence-electron chi connectivity index (χ4n) is 3.14. The maximum absolute atomic E-state index is 12.1. The van der Waals surface area contributed by atoms with Crippen LogP contribution in [0.1, 0.15) is 17.5 Å². The minimum Gasteiger partial charge on any atom is -0.454 e. The van der Waals surface area contributed by atoms with Gasteiger partial charge in [0.1, 0.15) is 5.82 Å². The standard InChI is InChI=1S/C20H23N3O4/c24-20(6-3-15-1-4-17-18(11-15)27-14-26-17)22-13-16-2-5-19(21-12-16)23-7-9-25-10-8-23/h1-2,4-5,11-12H,3,6-10,13-14H2,(H,22,24). The van der Waals surface area contributed by atoms with Gasteiger partial charge in [-0.3, -0.25) is 4.79 Å². The van der Waals surface area contributed by atoms with Gasteiger partial charge >= 0.3 is 0 Å². The van der Waals surface area contributed by atoms with Gasteiger partial charge in [-0.05, 0) is 35.7 Å². The summed E-state index contributed by atoms with van der Waals surface area (Å²) < 4.78 is 16.0. The van der Waals surface area contributed by atoms with E-state index in [1.165, 1.54) is 0 Å². The van der Waals surface area contributed by atoms with Gasteiger partial charge in [-0.1, -0.05) is 12.1 Å². The van der Waals surface area contributed by atoms with E-state index >= 15 is 0 Å². The number of nitrogens with zero attached hydrogens (tertiary/aromatic N) is 2. The molecule has 2 aliphatic rings. The summed E-state index contributed by atoms with van der Waals surface area (Å²) in [5.74, 6) is 2.48. The van der Waals surface area contributed by atoms with Crippen LogP contribution in [0.2, 0.25) is 0 Å². The van der Waals surface area contributed by atoms with Crippen molar-refractivity contribution in [3.05, 3.63) is 47.7 Å². The monoisotopic (exact) mass is 369 g/mol. The molecule has 3 heterocycles. The summed E-state index contributed by atoms with van der Waals surface area (Å²) in [6.07, 6.45) is 2.92. The number of carbonyl (C=O) groups excluding carboxylic acids is 1. The van der Waals surface area contributed by atoms with Crippen LogP contribution in [0, 0.1) is 0 Å². The Labute approximate surface area is 158 Å². The number of fused-ring (bicyclic) bond motifs is 1. The van der Waals surface area contributed by atoms with E-state index in [0.717, 1.165) is 54.7 Å². The molecule has 7 nitrogen and oxygen atoms in total. The van der Waals surface area contributed by atoms with E-state index in [1.807, 2.05) is 36.5 Å². The quantitative estimate of drug-likeness (QED) is 0.838. The van der Waals surface area contributed by atoms with Crippen molar-refractivity contribution < 1.29 is 19.0 Å². The first kappa shape index (κ1) is 17.6. The molecule has 142 valence electrons. The molecule has 2 aliphatic heterocycles. The maximum Gasteiger partial charge on any atom is 0.231 e. The number of carbonyl (C=O) groups is 1. The van der Waals surface area contributed by atoms with Crippen LogP contribution in [-0.4, -0.2) is 44.0 Å². The van der Waals surface area contributed by atoms with E-state index in [0.29, 0.717) is 19.4 Å². The Hall–Kier alpha value is -2.80. The number of rotatable bonds is 6. The summed E-state index contributed by atoms with van der Waals surface area (Å²) in [6, 6.07) is 9.80. The predicted octanol–water partition coefficient (Wildman–Crippen LogP) is 1.90. The van der Waals surface area contributed by atoms with Gasteiger partial charge in [-0.15, -0.1) is 0 Å². The summed E-state index contributed by atoms with van der Waals surface area (Å²) in [7, 11) is 0. The molecule has 1 N–H and O–H groups in total. The first-order valence-corrected chi connectivity index (χ1v) is 9.21. The van der Waals surface area contributed by atoms with Crippen molar-refractivity contribution in [1.29, 1.82) is 0 Å². The normalized spacial score (nSPS) is 15.6. The molecule has 0 aliphatic carbocycles. The van der Waals surface area contributed by atoms with Crippen molar-refractivity contribution >= 4 is 11.7 Å². The summed E-state index contributed by atoms with van der Waals surface area (Å²) in [5, 5.41) is 2.95. The molecule has 7 heteroatoms. The Bertz CT molecular complexity index is 788. The van der Waals surface area contributed by atoms with E-state index in [2.05, 4.69) is 15.2 Å². The highest BCUT2D eigenvalue weighted by molar-refractivity contribution is 5.76. The molecule has 0 unspecified atom stereocenters. The van der Waals surface area contributed by atoms with Crippen LogP contribution in [0.3, 0.4) is 0 Å². The first-order valence-electron chi connectivity index (χ1n) is 9.21. The third-order valence-corrected chi connectivity index (χ3v) is 4.71. The summed E-state index contributed by atoms with van der Waals surface area (Å²) in [6.45, 7) is 3.95. The van der Waals surface area contributed by atoms with E-state index < -0.39 is 0 Å². The average Bonchev–Trinajstić information content (AvgIpc) is 3.19. The van der Waals surface area contributed by atoms with Gasteiger partial charge < -0.3 is 24.4 Å². The zero-order valence-electron chi connectivity index (χ0n) is 15.1. The molecule has 0 bridgehead atoms. The van der Waals surface area contributed by atoms with Crippen molar-refractivity contribution in [3.63, 3.8) is 0 Å². The summed E-state index contributed by atoms with van der Waals surface area (Å²) >= 11 is 0. The van der Waals surface area contributed by atoms with Crippen molar-refractivity contribution in [1.82, 2.24) is 10.3 Å². The van der Waals surface area contributed by atoms with Crippen LogP contribution in [0.25, 0.3) is 0 Å². The van der Waals surface area contributed by atoms with Crippen LogP contribution in [0.5, 0.6) is 11.5 Å². The third kappa shape index (κ3) is 4.49. The average molecular weight is 369 g/mol. The van der Waals surface area contributed by atoms with Gasteiger partial charge in [0.15, 0.2) is 11.5 Å². The van der Waals surface area contributed by atoms with Crippen LogP contribution in [0.15, 0.2) is 36.5 Å². The number of hydrogen-bond donors (Lipinski definition) is 1. The topological polar surface area (TPSA) is 72.9 Å². The molecular weight excluding hydrogens is 346 g/mol. The Kier molecular flexibility index (Phi) is 5.39. The molecule has 1 amide bonds. The third-order valence-electron chi connectivity index (χ3n) is 4.71. The van der Waals surface area contributed by atoms with E-state index in [9.17, 15) is 4.79 Å². The van der Waals surface area contributed by atoms with Gasteiger partial charge in [-0.25, -0.2) is 4.98 Å². The molecular formula is C20H23N3O4. The summed E-state index contributed by atoms with van der Waals surface area (Å²) in [5.41, 5.74) is 2.05. The van der Waals surface area contributed by atoms with Crippen molar-refractivity contribution in [2.75, 3.05) is 38.0 Å². The Balaban J connectivity index is 1.23. The minimum atomic E-state index is 0.0184. The number of aromatic nitrogens is 1. The van der Waals surface area contributed by atoms with E-state index in [-0.39, 0.29) is 12.7 Å². The maximum atomic E-state index is 12.1. The van der Waals surface area contributed by atoms with Gasteiger partial charge in [0.25, 0.3) is 0 Å². The highest BCUT2D eigenvalue weighted by atomic mass is 16.7. The second-order valence-electron chi connectivity index (χ2n) is 6.59. The number of anilines is 1. The second-order valence-corrected chi connectivity index (χ2v) is 6.59. The molecule has 4 rings (SSSR count). The number of benzene rings is 1. The fraction of sp³-hybridized carbons (Fsp3) is 0.400. The minimum absolute atomic E-state index is 0.0184.